The lowest BCUT2D eigenvalue weighted by Gasteiger charge is -2.19. The van der Waals surface area contributed by atoms with Gasteiger partial charge in [0.25, 0.3) is 0 Å². The van der Waals surface area contributed by atoms with Gasteiger partial charge in [-0.05, 0) is 18.6 Å². The Morgan fingerprint density at radius 2 is 2.62 bits per heavy atom. The Morgan fingerprint density at radius 1 is 1.85 bits per heavy atom. The van der Waals surface area contributed by atoms with E-state index in [0.29, 0.717) is 6.10 Å². The average Bonchev–Trinajstić information content (AvgIpc) is 2.62. The van der Waals surface area contributed by atoms with E-state index in [1.54, 1.807) is 13.2 Å². The molecule has 3 nitrogen and oxygen atoms in total. The highest BCUT2D eigenvalue weighted by Crippen LogP contribution is 2.11. The molecule has 0 aromatic heterocycles. The topological polar surface area (TPSA) is 24.5 Å². The van der Waals surface area contributed by atoms with Crippen LogP contribution < -0.4 is 5.32 Å². The van der Waals surface area contributed by atoms with E-state index >= 15 is 0 Å². The molecule has 0 saturated carbocycles. The summed E-state index contributed by atoms with van der Waals surface area (Å²) in [6, 6.07) is 0. The quantitative estimate of drug-likeness (QED) is 0.537. The van der Waals surface area contributed by atoms with Crippen LogP contribution in [0.2, 0.25) is 0 Å². The van der Waals surface area contributed by atoms with Gasteiger partial charge in [-0.25, -0.2) is 0 Å². The zero-order valence-electron chi connectivity index (χ0n) is 7.95. The van der Waals surface area contributed by atoms with Crippen molar-refractivity contribution in [3.8, 4) is 0 Å². The molecule has 0 aliphatic carbocycles. The summed E-state index contributed by atoms with van der Waals surface area (Å²) >= 11 is 5.19. The van der Waals surface area contributed by atoms with Gasteiger partial charge in [0.05, 0.1) is 6.10 Å². The van der Waals surface area contributed by atoms with Gasteiger partial charge in [-0.2, -0.15) is 0 Å². The molecule has 1 aliphatic heterocycles. The van der Waals surface area contributed by atoms with E-state index in [9.17, 15) is 0 Å². The molecule has 0 amide bonds. The minimum absolute atomic E-state index is 0.337. The smallest absolute Gasteiger partial charge is 0.169 e. The fraction of sp³-hybridized carbons (Fsp3) is 0.667. The molecule has 0 aromatic carbocycles. The summed E-state index contributed by atoms with van der Waals surface area (Å²) in [5.41, 5.74) is 0. The molecule has 0 aromatic rings. The van der Waals surface area contributed by atoms with Crippen LogP contribution in [-0.2, 0) is 4.74 Å². The van der Waals surface area contributed by atoms with Crippen molar-refractivity contribution in [3.05, 3.63) is 12.7 Å². The minimum Gasteiger partial charge on any atom is -0.380 e. The Kier molecular flexibility index (Phi) is 4.18. The molecule has 1 saturated heterocycles. The Hall–Kier alpha value is -0.610. The van der Waals surface area contributed by atoms with Crippen LogP contribution in [0.1, 0.15) is 6.42 Å². The minimum atomic E-state index is 0.337. The highest BCUT2D eigenvalue weighted by Gasteiger charge is 2.23. The summed E-state index contributed by atoms with van der Waals surface area (Å²) in [4.78, 5) is 2.13. The Labute approximate surface area is 84.7 Å². The number of nitrogens with one attached hydrogen (secondary N) is 1. The fourth-order valence-corrected chi connectivity index (χ4v) is 1.63. The lowest BCUT2D eigenvalue weighted by atomic mass is 10.3. The second kappa shape index (κ2) is 5.19. The van der Waals surface area contributed by atoms with Gasteiger partial charge in [-0.1, -0.05) is 6.08 Å². The van der Waals surface area contributed by atoms with E-state index in [4.69, 9.17) is 17.0 Å². The molecule has 13 heavy (non-hydrogen) atoms. The number of ether oxygens (including phenoxy) is 1. The van der Waals surface area contributed by atoms with Crippen molar-refractivity contribution < 1.29 is 4.74 Å². The monoisotopic (exact) mass is 200 g/mol. The van der Waals surface area contributed by atoms with Crippen molar-refractivity contribution in [3.63, 3.8) is 0 Å². The maximum Gasteiger partial charge on any atom is 0.169 e. The number of hydrogen-bond donors (Lipinski definition) is 1. The molecule has 1 heterocycles. The van der Waals surface area contributed by atoms with Crippen LogP contribution in [0.5, 0.6) is 0 Å². The van der Waals surface area contributed by atoms with Crippen LogP contribution >= 0.6 is 12.2 Å². The Bertz CT molecular complexity index is 196. The third-order valence-corrected chi connectivity index (χ3v) is 2.57. The lowest BCUT2D eigenvalue weighted by molar-refractivity contribution is 0.114. The van der Waals surface area contributed by atoms with E-state index < -0.39 is 0 Å². The van der Waals surface area contributed by atoms with Gasteiger partial charge in [-0.3, -0.25) is 0 Å². The Morgan fingerprint density at radius 3 is 3.15 bits per heavy atom. The van der Waals surface area contributed by atoms with Gasteiger partial charge in [0.1, 0.15) is 0 Å². The molecule has 1 unspecified atom stereocenters. The zero-order valence-corrected chi connectivity index (χ0v) is 8.77. The lowest BCUT2D eigenvalue weighted by Crippen LogP contribution is -2.38. The first-order valence-electron chi connectivity index (χ1n) is 4.44. The van der Waals surface area contributed by atoms with Gasteiger partial charge >= 0.3 is 0 Å². The van der Waals surface area contributed by atoms with E-state index in [1.165, 1.54) is 0 Å². The van der Waals surface area contributed by atoms with Crippen molar-refractivity contribution >= 4 is 17.3 Å². The van der Waals surface area contributed by atoms with Crippen molar-refractivity contribution in [2.45, 2.75) is 12.5 Å². The van der Waals surface area contributed by atoms with Crippen LogP contribution in [0.4, 0.5) is 0 Å². The number of methoxy groups -OCH3 is 1. The van der Waals surface area contributed by atoms with Gasteiger partial charge in [-0.15, -0.1) is 6.58 Å². The van der Waals surface area contributed by atoms with Gasteiger partial charge < -0.3 is 15.0 Å². The van der Waals surface area contributed by atoms with Crippen molar-refractivity contribution in [2.24, 2.45) is 0 Å². The Balaban J connectivity index is 2.28. The summed E-state index contributed by atoms with van der Waals surface area (Å²) < 4.78 is 5.25. The molecular formula is C9H16N2OS. The van der Waals surface area contributed by atoms with E-state index in [2.05, 4.69) is 16.8 Å². The van der Waals surface area contributed by atoms with Crippen molar-refractivity contribution in [1.82, 2.24) is 10.2 Å². The first-order valence-corrected chi connectivity index (χ1v) is 4.85. The van der Waals surface area contributed by atoms with Gasteiger partial charge in [0.15, 0.2) is 5.11 Å². The second-order valence-electron chi connectivity index (χ2n) is 3.07. The van der Waals surface area contributed by atoms with Gasteiger partial charge in [0.2, 0.25) is 0 Å². The number of rotatable bonds is 3. The predicted molar refractivity (Wildman–Crippen MR) is 57.8 cm³/mol. The SMILES string of the molecule is C=CCNC(=S)N1CCC(OC)C1. The number of thiocarbonyl (C=S) groups is 1. The number of likely N-dealkylation sites (tertiary alicyclic amines) is 1. The fourth-order valence-electron chi connectivity index (χ4n) is 1.38. The molecule has 1 atom stereocenters. The molecule has 0 spiro atoms. The molecule has 0 bridgehead atoms. The zero-order chi connectivity index (χ0) is 9.68. The normalized spacial score (nSPS) is 21.6. The molecule has 4 heteroatoms. The number of hydrogen-bond acceptors (Lipinski definition) is 2. The maximum atomic E-state index is 5.25. The van der Waals surface area contributed by atoms with Crippen LogP contribution in [-0.4, -0.2) is 42.9 Å². The van der Waals surface area contributed by atoms with Crippen molar-refractivity contribution in [1.29, 1.82) is 0 Å². The first kappa shape index (κ1) is 10.5. The standard InChI is InChI=1S/C9H16N2OS/c1-3-5-10-9(13)11-6-4-8(7-11)12-2/h3,8H,1,4-7H2,2H3,(H,10,13). The van der Waals surface area contributed by atoms with Crippen LogP contribution in [0.3, 0.4) is 0 Å². The molecule has 1 fully saturated rings. The molecule has 1 N–H and O–H groups in total. The summed E-state index contributed by atoms with van der Waals surface area (Å²) in [6.45, 7) is 6.24. The summed E-state index contributed by atoms with van der Waals surface area (Å²) in [5, 5.41) is 3.91. The van der Waals surface area contributed by atoms with Crippen LogP contribution in [0.25, 0.3) is 0 Å². The molecule has 74 valence electrons. The molecule has 0 radical (unpaired) electrons. The maximum absolute atomic E-state index is 5.25. The third kappa shape index (κ3) is 2.97. The highest BCUT2D eigenvalue weighted by atomic mass is 32.1. The molecule has 1 aliphatic rings. The molecular weight excluding hydrogens is 184 g/mol. The summed E-state index contributed by atoms with van der Waals surface area (Å²) in [6.07, 6.45) is 3.20. The van der Waals surface area contributed by atoms with E-state index in [0.717, 1.165) is 31.2 Å². The highest BCUT2D eigenvalue weighted by molar-refractivity contribution is 7.80. The summed E-state index contributed by atoms with van der Waals surface area (Å²) in [5.74, 6) is 0. The number of nitrogens with zero attached hydrogens (tertiary/aromatic N) is 1. The largest absolute Gasteiger partial charge is 0.380 e. The van der Waals surface area contributed by atoms with Crippen LogP contribution in [0.15, 0.2) is 12.7 Å². The van der Waals surface area contributed by atoms with E-state index in [1.807, 2.05) is 0 Å². The predicted octanol–water partition coefficient (Wildman–Crippen LogP) is 0.768. The van der Waals surface area contributed by atoms with E-state index in [-0.39, 0.29) is 0 Å². The average molecular weight is 200 g/mol. The van der Waals surface area contributed by atoms with Crippen LogP contribution in [0, 0.1) is 0 Å². The third-order valence-electron chi connectivity index (χ3n) is 2.16. The summed E-state index contributed by atoms with van der Waals surface area (Å²) in [7, 11) is 1.74. The first-order chi connectivity index (χ1) is 6.27. The van der Waals surface area contributed by atoms with Crippen molar-refractivity contribution in [2.75, 3.05) is 26.7 Å². The molecule has 1 rings (SSSR count). The second-order valence-corrected chi connectivity index (χ2v) is 3.45. The van der Waals surface area contributed by atoms with Gasteiger partial charge in [0, 0.05) is 26.7 Å².